The summed E-state index contributed by atoms with van der Waals surface area (Å²) in [7, 11) is 1.88. The molecule has 1 heterocycles. The van der Waals surface area contributed by atoms with Crippen LogP contribution in [0.1, 0.15) is 5.56 Å². The van der Waals surface area contributed by atoms with Gasteiger partial charge >= 0.3 is 0 Å². The van der Waals surface area contributed by atoms with Gasteiger partial charge in [-0.1, -0.05) is 53.8 Å². The highest BCUT2D eigenvalue weighted by atomic mass is 32.1. The second kappa shape index (κ2) is 7.21. The Balaban J connectivity index is 1.70. The molecule has 0 N–H and O–H groups in total. The number of aromatic nitrogens is 1. The van der Waals surface area contributed by atoms with Gasteiger partial charge in [-0.15, -0.1) is 0 Å². The SMILES string of the molecule is Cn1c(=NC(=O)C=Cc2cccc([N+](=O)[O-])c2)sc2c3ccccc3ccc21. The van der Waals surface area contributed by atoms with Gasteiger partial charge in [-0.25, -0.2) is 0 Å². The summed E-state index contributed by atoms with van der Waals surface area (Å²) in [4.78, 5) is 27.5. The lowest BCUT2D eigenvalue weighted by Crippen LogP contribution is -2.12. The van der Waals surface area contributed by atoms with Crippen LogP contribution in [-0.4, -0.2) is 15.4 Å². The summed E-state index contributed by atoms with van der Waals surface area (Å²) in [5, 5.41) is 13.1. The molecule has 0 saturated carbocycles. The van der Waals surface area contributed by atoms with Crippen molar-refractivity contribution in [2.75, 3.05) is 0 Å². The van der Waals surface area contributed by atoms with Gasteiger partial charge in [0.2, 0.25) is 0 Å². The lowest BCUT2D eigenvalue weighted by Gasteiger charge is -1.99. The van der Waals surface area contributed by atoms with E-state index in [1.807, 2.05) is 29.8 Å². The third-order valence-corrected chi connectivity index (χ3v) is 5.59. The standard InChI is InChI=1S/C21H15N3O3S/c1-23-18-11-10-15-6-2-3-8-17(15)20(18)28-21(23)22-19(25)12-9-14-5-4-7-16(13-14)24(26)27/h2-13H,1H3. The molecule has 0 unspecified atom stereocenters. The van der Waals surface area contributed by atoms with Gasteiger partial charge in [-0.2, -0.15) is 4.99 Å². The van der Waals surface area contributed by atoms with E-state index in [1.165, 1.54) is 35.6 Å². The number of carbonyl (C=O) groups is 1. The summed E-state index contributed by atoms with van der Waals surface area (Å²) in [5.41, 5.74) is 1.57. The van der Waals surface area contributed by atoms with Crippen LogP contribution in [0.4, 0.5) is 5.69 Å². The quantitative estimate of drug-likeness (QED) is 0.295. The first-order chi connectivity index (χ1) is 13.5. The molecule has 0 atom stereocenters. The van der Waals surface area contributed by atoms with E-state index in [2.05, 4.69) is 23.2 Å². The van der Waals surface area contributed by atoms with Crippen molar-refractivity contribution < 1.29 is 9.72 Å². The summed E-state index contributed by atoms with van der Waals surface area (Å²) >= 11 is 1.46. The number of hydrogen-bond donors (Lipinski definition) is 0. The molecule has 4 aromatic rings. The van der Waals surface area contributed by atoms with Crippen LogP contribution >= 0.6 is 11.3 Å². The molecule has 0 aliphatic carbocycles. The Hall–Kier alpha value is -3.58. The number of rotatable bonds is 3. The first-order valence-electron chi connectivity index (χ1n) is 8.51. The summed E-state index contributed by atoms with van der Waals surface area (Å²) in [6, 6.07) is 18.3. The number of amides is 1. The predicted octanol–water partition coefficient (Wildman–Crippen LogP) is 4.44. The molecule has 138 valence electrons. The van der Waals surface area contributed by atoms with Crippen molar-refractivity contribution in [3.8, 4) is 0 Å². The Bertz CT molecular complexity index is 1330. The molecule has 1 amide bonds. The van der Waals surface area contributed by atoms with Crippen molar-refractivity contribution >= 4 is 50.0 Å². The zero-order chi connectivity index (χ0) is 19.7. The zero-order valence-corrected chi connectivity index (χ0v) is 15.7. The lowest BCUT2D eigenvalue weighted by atomic mass is 10.1. The lowest BCUT2D eigenvalue weighted by molar-refractivity contribution is -0.384. The monoisotopic (exact) mass is 389 g/mol. The van der Waals surface area contributed by atoms with Crippen LogP contribution in [-0.2, 0) is 11.8 Å². The second-order valence-electron chi connectivity index (χ2n) is 6.21. The molecular formula is C21H15N3O3S. The van der Waals surface area contributed by atoms with Crippen LogP contribution in [0.2, 0.25) is 0 Å². The molecule has 1 aromatic heterocycles. The maximum absolute atomic E-state index is 12.3. The van der Waals surface area contributed by atoms with Gasteiger partial charge in [0.05, 0.1) is 15.1 Å². The number of carbonyl (C=O) groups excluding carboxylic acids is 1. The minimum Gasteiger partial charge on any atom is -0.319 e. The molecule has 0 radical (unpaired) electrons. The summed E-state index contributed by atoms with van der Waals surface area (Å²) < 4.78 is 2.97. The molecule has 0 aliphatic rings. The largest absolute Gasteiger partial charge is 0.319 e. The van der Waals surface area contributed by atoms with Crippen LogP contribution in [0.3, 0.4) is 0 Å². The van der Waals surface area contributed by atoms with Crippen molar-refractivity contribution in [1.82, 2.24) is 4.57 Å². The number of nitro groups is 1. The maximum Gasteiger partial charge on any atom is 0.272 e. The highest BCUT2D eigenvalue weighted by Gasteiger charge is 2.08. The highest BCUT2D eigenvalue weighted by Crippen LogP contribution is 2.27. The van der Waals surface area contributed by atoms with Gasteiger partial charge in [0.25, 0.3) is 11.6 Å². The number of benzene rings is 3. The Morgan fingerprint density at radius 1 is 1.14 bits per heavy atom. The van der Waals surface area contributed by atoms with Gasteiger partial charge in [-0.3, -0.25) is 14.9 Å². The molecule has 7 heteroatoms. The van der Waals surface area contributed by atoms with Crippen molar-refractivity contribution in [1.29, 1.82) is 0 Å². The number of aryl methyl sites for hydroxylation is 1. The topological polar surface area (TPSA) is 77.5 Å². The van der Waals surface area contributed by atoms with E-state index in [9.17, 15) is 14.9 Å². The fourth-order valence-corrected chi connectivity index (χ4v) is 4.16. The van der Waals surface area contributed by atoms with E-state index in [4.69, 9.17) is 0 Å². The summed E-state index contributed by atoms with van der Waals surface area (Å²) in [6.07, 6.45) is 2.85. The van der Waals surface area contributed by atoms with Crippen LogP contribution in [0.15, 0.2) is 71.7 Å². The van der Waals surface area contributed by atoms with Gasteiger partial charge in [-0.05, 0) is 23.1 Å². The van der Waals surface area contributed by atoms with Crippen LogP contribution < -0.4 is 4.80 Å². The molecule has 0 aliphatic heterocycles. The van der Waals surface area contributed by atoms with E-state index in [-0.39, 0.29) is 5.69 Å². The molecule has 4 rings (SSSR count). The van der Waals surface area contributed by atoms with Crippen LogP contribution in [0.5, 0.6) is 0 Å². The average molecular weight is 389 g/mol. The van der Waals surface area contributed by atoms with Gasteiger partial charge in [0.15, 0.2) is 4.80 Å². The highest BCUT2D eigenvalue weighted by molar-refractivity contribution is 7.17. The second-order valence-corrected chi connectivity index (χ2v) is 7.19. The summed E-state index contributed by atoms with van der Waals surface area (Å²) in [6.45, 7) is 0. The summed E-state index contributed by atoms with van der Waals surface area (Å²) in [5.74, 6) is -0.419. The molecule has 3 aromatic carbocycles. The Labute approximate surface area is 163 Å². The molecule has 0 bridgehead atoms. The molecule has 0 saturated heterocycles. The number of hydrogen-bond acceptors (Lipinski definition) is 4. The number of thiazole rings is 1. The van der Waals surface area contributed by atoms with Crippen molar-refractivity contribution in [3.63, 3.8) is 0 Å². The Kier molecular flexibility index (Phi) is 4.58. The number of fused-ring (bicyclic) bond motifs is 3. The number of nitrogens with zero attached hydrogens (tertiary/aromatic N) is 3. The van der Waals surface area contributed by atoms with Crippen LogP contribution in [0, 0.1) is 10.1 Å². The van der Waals surface area contributed by atoms with Crippen molar-refractivity contribution in [3.05, 3.63) is 87.2 Å². The van der Waals surface area contributed by atoms with Gasteiger partial charge in [0, 0.05) is 30.6 Å². The normalized spacial score (nSPS) is 12.2. The molecule has 6 nitrogen and oxygen atoms in total. The van der Waals surface area contributed by atoms with E-state index >= 15 is 0 Å². The first-order valence-corrected chi connectivity index (χ1v) is 9.33. The minimum atomic E-state index is -0.467. The molecular weight excluding hydrogens is 374 g/mol. The van der Waals surface area contributed by atoms with Crippen molar-refractivity contribution in [2.45, 2.75) is 0 Å². The fourth-order valence-electron chi connectivity index (χ4n) is 3.00. The third kappa shape index (κ3) is 3.35. The van der Waals surface area contributed by atoms with E-state index in [0.717, 1.165) is 21.0 Å². The smallest absolute Gasteiger partial charge is 0.272 e. The van der Waals surface area contributed by atoms with Crippen LogP contribution in [0.25, 0.3) is 27.1 Å². The van der Waals surface area contributed by atoms with Crippen molar-refractivity contribution in [2.24, 2.45) is 12.0 Å². The Morgan fingerprint density at radius 3 is 2.79 bits per heavy atom. The molecule has 0 fully saturated rings. The van der Waals surface area contributed by atoms with E-state index in [0.29, 0.717) is 10.4 Å². The zero-order valence-electron chi connectivity index (χ0n) is 14.9. The third-order valence-electron chi connectivity index (χ3n) is 4.41. The Morgan fingerprint density at radius 2 is 1.96 bits per heavy atom. The molecule has 28 heavy (non-hydrogen) atoms. The van der Waals surface area contributed by atoms with Gasteiger partial charge in [0.1, 0.15) is 0 Å². The number of non-ortho nitro benzene ring substituents is 1. The maximum atomic E-state index is 12.3. The van der Waals surface area contributed by atoms with E-state index in [1.54, 1.807) is 12.1 Å². The molecule has 0 spiro atoms. The van der Waals surface area contributed by atoms with Gasteiger partial charge < -0.3 is 4.57 Å². The minimum absolute atomic E-state index is 0.0191. The number of nitro benzene ring substituents is 1. The van der Waals surface area contributed by atoms with E-state index < -0.39 is 10.8 Å². The predicted molar refractivity (Wildman–Crippen MR) is 111 cm³/mol. The fraction of sp³-hybridized carbons (Fsp3) is 0.0476. The average Bonchev–Trinajstić information content (AvgIpc) is 3.02. The first kappa shape index (κ1) is 17.8.